The van der Waals surface area contributed by atoms with Crippen molar-refractivity contribution in [2.45, 2.75) is 12.1 Å². The number of ether oxygens (including phenoxy) is 2. The van der Waals surface area contributed by atoms with Crippen LogP contribution in [0.1, 0.15) is 6.92 Å². The summed E-state index contributed by atoms with van der Waals surface area (Å²) >= 11 is 0. The van der Waals surface area contributed by atoms with Crippen molar-refractivity contribution in [1.82, 2.24) is 15.5 Å². The fraction of sp³-hybridized carbons (Fsp3) is 0.467. The van der Waals surface area contributed by atoms with Gasteiger partial charge in [0.15, 0.2) is 0 Å². The molecule has 1 aromatic heterocycles. The standard InChI is InChI=1S/C15H22N4O5S/c1-3-17-5-7-23-13-9-11(8-12(10-13)22-6-4-16)14-18-19-15(24-14)25(2,20)21/h8-10,17H,3-7,16H2,1-2H3. The summed E-state index contributed by atoms with van der Waals surface area (Å²) in [5.74, 6) is 1.12. The third-order valence-corrected chi connectivity index (χ3v) is 3.83. The van der Waals surface area contributed by atoms with Crippen LogP contribution in [-0.4, -0.2) is 57.7 Å². The number of nitrogens with zero attached hydrogens (tertiary/aromatic N) is 2. The average molecular weight is 370 g/mol. The summed E-state index contributed by atoms with van der Waals surface area (Å²) in [6.07, 6.45) is 1.00. The van der Waals surface area contributed by atoms with E-state index < -0.39 is 15.1 Å². The fourth-order valence-electron chi connectivity index (χ4n) is 1.93. The maximum atomic E-state index is 11.5. The van der Waals surface area contributed by atoms with Gasteiger partial charge in [0, 0.05) is 31.0 Å². The van der Waals surface area contributed by atoms with Crippen LogP contribution in [0.2, 0.25) is 0 Å². The molecular weight excluding hydrogens is 348 g/mol. The number of benzene rings is 1. The summed E-state index contributed by atoms with van der Waals surface area (Å²) in [5, 5.41) is 10.1. The van der Waals surface area contributed by atoms with Gasteiger partial charge >= 0.3 is 5.22 Å². The van der Waals surface area contributed by atoms with Gasteiger partial charge in [-0.3, -0.25) is 0 Å². The first-order valence-electron chi connectivity index (χ1n) is 7.79. The third kappa shape index (κ3) is 5.69. The number of likely N-dealkylation sites (N-methyl/N-ethyl adjacent to an activating group) is 1. The van der Waals surface area contributed by atoms with Gasteiger partial charge in [-0.2, -0.15) is 0 Å². The molecule has 0 aliphatic heterocycles. The molecule has 1 aromatic carbocycles. The van der Waals surface area contributed by atoms with E-state index >= 15 is 0 Å². The molecule has 0 aliphatic carbocycles. The van der Waals surface area contributed by atoms with Crippen LogP contribution >= 0.6 is 0 Å². The molecule has 0 unspecified atom stereocenters. The van der Waals surface area contributed by atoms with Crippen LogP contribution in [0.3, 0.4) is 0 Å². The number of nitrogens with two attached hydrogens (primary N) is 1. The van der Waals surface area contributed by atoms with Crippen LogP contribution < -0.4 is 20.5 Å². The zero-order chi connectivity index (χ0) is 18.3. The van der Waals surface area contributed by atoms with Gasteiger partial charge in [0.05, 0.1) is 0 Å². The lowest BCUT2D eigenvalue weighted by Crippen LogP contribution is -2.20. The van der Waals surface area contributed by atoms with Gasteiger partial charge in [-0.1, -0.05) is 12.0 Å². The van der Waals surface area contributed by atoms with Crippen molar-refractivity contribution in [1.29, 1.82) is 0 Å². The summed E-state index contributed by atoms with van der Waals surface area (Å²) in [6, 6.07) is 5.06. The van der Waals surface area contributed by atoms with Gasteiger partial charge in [0.1, 0.15) is 24.7 Å². The molecule has 0 saturated carbocycles. The fourth-order valence-corrected chi connectivity index (χ4v) is 2.35. The Labute approximate surface area is 146 Å². The maximum Gasteiger partial charge on any atom is 0.335 e. The Bertz CT molecular complexity index is 791. The number of sulfone groups is 1. The van der Waals surface area contributed by atoms with Crippen LogP contribution in [0, 0.1) is 0 Å². The molecule has 0 amide bonds. The topological polar surface area (TPSA) is 130 Å². The molecule has 0 saturated heterocycles. The largest absolute Gasteiger partial charge is 0.492 e. The number of hydrogen-bond donors (Lipinski definition) is 2. The Morgan fingerprint density at radius 3 is 2.40 bits per heavy atom. The Morgan fingerprint density at radius 1 is 1.16 bits per heavy atom. The lowest BCUT2D eigenvalue weighted by molar-refractivity contribution is 0.305. The molecule has 10 heteroatoms. The monoisotopic (exact) mass is 370 g/mol. The van der Waals surface area contributed by atoms with Crippen molar-refractivity contribution < 1.29 is 22.3 Å². The predicted octanol–water partition coefficient (Wildman–Crippen LogP) is 0.466. The Hall–Kier alpha value is -2.17. The highest BCUT2D eigenvalue weighted by Gasteiger charge is 2.18. The summed E-state index contributed by atoms with van der Waals surface area (Å²) in [4.78, 5) is 0. The molecular formula is C15H22N4O5S. The zero-order valence-corrected chi connectivity index (χ0v) is 15.0. The molecule has 0 spiro atoms. The second kappa shape index (κ2) is 8.79. The quantitative estimate of drug-likeness (QED) is 0.573. The van der Waals surface area contributed by atoms with Crippen molar-refractivity contribution in [3.8, 4) is 23.0 Å². The SMILES string of the molecule is CCNCCOc1cc(OCCN)cc(-c2nnc(S(C)(=O)=O)o2)c1. The van der Waals surface area contributed by atoms with Crippen molar-refractivity contribution in [2.24, 2.45) is 5.73 Å². The molecule has 3 N–H and O–H groups in total. The molecule has 2 rings (SSSR count). The average Bonchev–Trinajstić information content (AvgIpc) is 3.07. The number of rotatable bonds is 10. The van der Waals surface area contributed by atoms with Gasteiger partial charge < -0.3 is 24.9 Å². The first kappa shape index (κ1) is 19.2. The van der Waals surface area contributed by atoms with Gasteiger partial charge in [-0.05, 0) is 18.7 Å². The van der Waals surface area contributed by atoms with Crippen molar-refractivity contribution in [2.75, 3.05) is 39.1 Å². The van der Waals surface area contributed by atoms with Crippen LogP contribution in [-0.2, 0) is 9.84 Å². The Balaban J connectivity index is 2.27. The molecule has 2 aromatic rings. The van der Waals surface area contributed by atoms with E-state index in [-0.39, 0.29) is 5.89 Å². The maximum absolute atomic E-state index is 11.5. The first-order valence-corrected chi connectivity index (χ1v) is 9.68. The molecule has 9 nitrogen and oxygen atoms in total. The van der Waals surface area contributed by atoms with Gasteiger partial charge in [-0.25, -0.2) is 8.42 Å². The summed E-state index contributed by atoms with van der Waals surface area (Å²) in [7, 11) is -3.57. The summed E-state index contributed by atoms with van der Waals surface area (Å²) in [6.45, 7) is 4.71. The molecule has 138 valence electrons. The lowest BCUT2D eigenvalue weighted by Gasteiger charge is -2.11. The molecule has 0 fully saturated rings. The van der Waals surface area contributed by atoms with E-state index in [2.05, 4.69) is 15.5 Å². The minimum atomic E-state index is -3.57. The Morgan fingerprint density at radius 2 is 1.84 bits per heavy atom. The van der Waals surface area contributed by atoms with Gasteiger partial charge in [0.2, 0.25) is 15.7 Å². The predicted molar refractivity (Wildman–Crippen MR) is 91.4 cm³/mol. The van der Waals surface area contributed by atoms with Gasteiger partial charge in [-0.15, -0.1) is 5.10 Å². The highest BCUT2D eigenvalue weighted by atomic mass is 32.2. The summed E-state index contributed by atoms with van der Waals surface area (Å²) in [5.41, 5.74) is 5.95. The molecule has 0 bridgehead atoms. The highest BCUT2D eigenvalue weighted by molar-refractivity contribution is 7.90. The van der Waals surface area contributed by atoms with Crippen molar-refractivity contribution in [3.05, 3.63) is 18.2 Å². The lowest BCUT2D eigenvalue weighted by atomic mass is 10.2. The van der Waals surface area contributed by atoms with E-state index in [0.29, 0.717) is 43.4 Å². The number of hydrogen-bond acceptors (Lipinski definition) is 9. The second-order valence-electron chi connectivity index (χ2n) is 5.18. The van der Waals surface area contributed by atoms with Gasteiger partial charge in [0.25, 0.3) is 0 Å². The zero-order valence-electron chi connectivity index (χ0n) is 14.2. The van der Waals surface area contributed by atoms with E-state index in [1.165, 1.54) is 0 Å². The minimum Gasteiger partial charge on any atom is -0.492 e. The normalized spacial score (nSPS) is 11.5. The smallest absolute Gasteiger partial charge is 0.335 e. The van der Waals surface area contributed by atoms with Crippen LogP contribution in [0.15, 0.2) is 27.8 Å². The van der Waals surface area contributed by atoms with E-state index in [0.717, 1.165) is 12.8 Å². The van der Waals surface area contributed by atoms with Crippen LogP contribution in [0.25, 0.3) is 11.5 Å². The summed E-state index contributed by atoms with van der Waals surface area (Å²) < 4.78 is 39.4. The van der Waals surface area contributed by atoms with Crippen LogP contribution in [0.5, 0.6) is 11.5 Å². The highest BCUT2D eigenvalue weighted by Crippen LogP contribution is 2.30. The Kier molecular flexibility index (Phi) is 6.73. The minimum absolute atomic E-state index is 0.0650. The van der Waals surface area contributed by atoms with Crippen molar-refractivity contribution >= 4 is 9.84 Å². The number of aromatic nitrogens is 2. The van der Waals surface area contributed by atoms with E-state index in [1.807, 2.05) is 6.92 Å². The molecule has 0 aliphatic rings. The molecule has 1 heterocycles. The van der Waals surface area contributed by atoms with E-state index in [9.17, 15) is 8.42 Å². The third-order valence-electron chi connectivity index (χ3n) is 3.03. The van der Waals surface area contributed by atoms with Crippen LogP contribution in [0.4, 0.5) is 0 Å². The number of nitrogens with one attached hydrogen (secondary N) is 1. The second-order valence-corrected chi connectivity index (χ2v) is 7.07. The van der Waals surface area contributed by atoms with E-state index in [4.69, 9.17) is 19.6 Å². The first-order chi connectivity index (χ1) is 11.9. The molecule has 0 radical (unpaired) electrons. The molecule has 25 heavy (non-hydrogen) atoms. The van der Waals surface area contributed by atoms with Crippen molar-refractivity contribution in [3.63, 3.8) is 0 Å². The van der Waals surface area contributed by atoms with E-state index in [1.54, 1.807) is 18.2 Å². The molecule has 0 atom stereocenters.